The molecule has 0 aliphatic carbocycles. The summed E-state index contributed by atoms with van der Waals surface area (Å²) in [5, 5.41) is 0. The van der Waals surface area contributed by atoms with Crippen molar-refractivity contribution in [3.8, 4) is 0 Å². The molecule has 3 aromatic rings. The molecule has 2 aromatic carbocycles. The van der Waals surface area contributed by atoms with Crippen molar-refractivity contribution < 1.29 is 9.59 Å². The molecular weight excluding hydrogens is 256 g/mol. The van der Waals surface area contributed by atoms with E-state index in [4.69, 9.17) is 11.5 Å². The molecule has 0 saturated heterocycles. The van der Waals surface area contributed by atoms with Gasteiger partial charge in [-0.05, 0) is 24.3 Å². The van der Waals surface area contributed by atoms with E-state index in [2.05, 4.69) is 9.97 Å². The molecule has 6 nitrogen and oxygen atoms in total. The molecule has 0 bridgehead atoms. The van der Waals surface area contributed by atoms with Crippen molar-refractivity contribution >= 4 is 33.9 Å². The summed E-state index contributed by atoms with van der Waals surface area (Å²) in [7, 11) is 0. The third-order valence-corrected chi connectivity index (χ3v) is 2.99. The molecule has 0 atom stereocenters. The third-order valence-electron chi connectivity index (χ3n) is 2.99. The smallest absolute Gasteiger partial charge is 0.250 e. The van der Waals surface area contributed by atoms with E-state index in [9.17, 15) is 9.59 Å². The Morgan fingerprint density at radius 1 is 0.850 bits per heavy atom. The summed E-state index contributed by atoms with van der Waals surface area (Å²) >= 11 is 0. The van der Waals surface area contributed by atoms with E-state index in [-0.39, 0.29) is 11.1 Å². The van der Waals surface area contributed by atoms with E-state index >= 15 is 0 Å². The van der Waals surface area contributed by atoms with Gasteiger partial charge in [0.25, 0.3) is 5.91 Å². The van der Waals surface area contributed by atoms with Crippen molar-refractivity contribution in [3.05, 3.63) is 47.5 Å². The lowest BCUT2D eigenvalue weighted by atomic mass is 10.1. The summed E-state index contributed by atoms with van der Waals surface area (Å²) in [4.78, 5) is 31.6. The molecule has 1 heterocycles. The standard InChI is InChI=1S/C14H10N4O2/c15-13(19)7-5-8(14(16)20)12-11(6-7)17-9-3-1-2-4-10(9)18-12/h1-6H,(H2,15,19)(H2,16,20). The molecular formula is C14H10N4O2. The van der Waals surface area contributed by atoms with E-state index in [1.165, 1.54) is 12.1 Å². The summed E-state index contributed by atoms with van der Waals surface area (Å²) in [6, 6.07) is 10.1. The molecule has 0 spiro atoms. The fourth-order valence-corrected chi connectivity index (χ4v) is 2.06. The van der Waals surface area contributed by atoms with Crippen LogP contribution in [0.15, 0.2) is 36.4 Å². The molecule has 0 saturated carbocycles. The molecule has 0 fully saturated rings. The second-order valence-electron chi connectivity index (χ2n) is 4.33. The Labute approximate surface area is 113 Å². The number of amides is 2. The highest BCUT2D eigenvalue weighted by atomic mass is 16.1. The van der Waals surface area contributed by atoms with E-state index in [0.29, 0.717) is 22.1 Å². The van der Waals surface area contributed by atoms with Crippen LogP contribution < -0.4 is 11.5 Å². The van der Waals surface area contributed by atoms with Gasteiger partial charge in [-0.25, -0.2) is 9.97 Å². The predicted octanol–water partition coefficient (Wildman–Crippen LogP) is 0.981. The van der Waals surface area contributed by atoms with Crippen LogP contribution in [0.2, 0.25) is 0 Å². The van der Waals surface area contributed by atoms with Gasteiger partial charge in [0.15, 0.2) is 0 Å². The monoisotopic (exact) mass is 266 g/mol. The van der Waals surface area contributed by atoms with E-state index in [0.717, 1.165) is 0 Å². The number of carbonyl (C=O) groups excluding carboxylic acids is 2. The first-order valence-corrected chi connectivity index (χ1v) is 5.86. The summed E-state index contributed by atoms with van der Waals surface area (Å²) in [6.45, 7) is 0. The highest BCUT2D eigenvalue weighted by molar-refractivity contribution is 6.08. The number of para-hydroxylation sites is 2. The average Bonchev–Trinajstić information content (AvgIpc) is 2.43. The molecule has 20 heavy (non-hydrogen) atoms. The van der Waals surface area contributed by atoms with E-state index in [1.54, 1.807) is 12.1 Å². The number of carbonyl (C=O) groups is 2. The first kappa shape index (κ1) is 12.0. The predicted molar refractivity (Wildman–Crippen MR) is 74.1 cm³/mol. The number of benzene rings is 2. The van der Waals surface area contributed by atoms with E-state index in [1.807, 2.05) is 12.1 Å². The highest BCUT2D eigenvalue weighted by Crippen LogP contribution is 2.21. The largest absolute Gasteiger partial charge is 0.366 e. The number of rotatable bonds is 2. The number of fused-ring (bicyclic) bond motifs is 2. The van der Waals surface area contributed by atoms with Crippen molar-refractivity contribution in [2.24, 2.45) is 11.5 Å². The van der Waals surface area contributed by atoms with Gasteiger partial charge >= 0.3 is 0 Å². The van der Waals surface area contributed by atoms with Crippen LogP contribution in [0.3, 0.4) is 0 Å². The second-order valence-corrected chi connectivity index (χ2v) is 4.33. The topological polar surface area (TPSA) is 112 Å². The molecule has 3 rings (SSSR count). The van der Waals surface area contributed by atoms with Crippen LogP contribution in [-0.2, 0) is 0 Å². The van der Waals surface area contributed by atoms with Gasteiger partial charge in [0.05, 0.1) is 22.1 Å². The molecule has 6 heteroatoms. The molecule has 0 aliphatic rings. The lowest BCUT2D eigenvalue weighted by molar-refractivity contribution is 0.0999. The summed E-state index contributed by atoms with van der Waals surface area (Å²) in [5.74, 6) is -1.33. The van der Waals surface area contributed by atoms with Crippen molar-refractivity contribution in [3.63, 3.8) is 0 Å². The Morgan fingerprint density at radius 2 is 1.50 bits per heavy atom. The minimum absolute atomic E-state index is 0.134. The first-order valence-electron chi connectivity index (χ1n) is 5.86. The third kappa shape index (κ3) is 1.83. The number of primary amides is 2. The van der Waals surface area contributed by atoms with Gasteiger partial charge in [-0.3, -0.25) is 9.59 Å². The van der Waals surface area contributed by atoms with Crippen molar-refractivity contribution in [2.75, 3.05) is 0 Å². The summed E-state index contributed by atoms with van der Waals surface area (Å²) in [5.41, 5.74) is 13.0. The van der Waals surface area contributed by atoms with Gasteiger partial charge in [-0.2, -0.15) is 0 Å². The number of nitrogens with two attached hydrogens (primary N) is 2. The molecule has 4 N–H and O–H groups in total. The van der Waals surface area contributed by atoms with Crippen LogP contribution in [0, 0.1) is 0 Å². The summed E-state index contributed by atoms with van der Waals surface area (Å²) in [6.07, 6.45) is 0. The fraction of sp³-hybridized carbons (Fsp3) is 0. The van der Waals surface area contributed by atoms with Crippen molar-refractivity contribution in [2.45, 2.75) is 0 Å². The zero-order valence-electron chi connectivity index (χ0n) is 10.3. The number of nitrogens with zero attached hydrogens (tertiary/aromatic N) is 2. The zero-order valence-corrected chi connectivity index (χ0v) is 10.3. The van der Waals surface area contributed by atoms with Gasteiger partial charge in [-0.15, -0.1) is 0 Å². The second kappa shape index (κ2) is 4.27. The minimum Gasteiger partial charge on any atom is -0.366 e. The maximum Gasteiger partial charge on any atom is 0.250 e. The summed E-state index contributed by atoms with van der Waals surface area (Å²) < 4.78 is 0. The molecule has 2 amide bonds. The maximum atomic E-state index is 11.5. The lowest BCUT2D eigenvalue weighted by Gasteiger charge is -2.06. The van der Waals surface area contributed by atoms with Crippen LogP contribution in [0.4, 0.5) is 0 Å². The molecule has 0 unspecified atom stereocenters. The lowest BCUT2D eigenvalue weighted by Crippen LogP contribution is -2.16. The van der Waals surface area contributed by atoms with Crippen LogP contribution >= 0.6 is 0 Å². The zero-order chi connectivity index (χ0) is 14.3. The Hall–Kier alpha value is -3.02. The van der Waals surface area contributed by atoms with Crippen LogP contribution in [0.5, 0.6) is 0 Å². The van der Waals surface area contributed by atoms with Gasteiger partial charge in [0.2, 0.25) is 5.91 Å². The van der Waals surface area contributed by atoms with E-state index < -0.39 is 11.8 Å². The minimum atomic E-state index is -0.678. The van der Waals surface area contributed by atoms with Gasteiger partial charge in [0, 0.05) is 5.56 Å². The van der Waals surface area contributed by atoms with Gasteiger partial charge in [-0.1, -0.05) is 12.1 Å². The fourth-order valence-electron chi connectivity index (χ4n) is 2.06. The first-order chi connectivity index (χ1) is 9.56. The Bertz CT molecular complexity index is 874. The van der Waals surface area contributed by atoms with Crippen LogP contribution in [0.25, 0.3) is 22.1 Å². The highest BCUT2D eigenvalue weighted by Gasteiger charge is 2.14. The Kier molecular flexibility index (Phi) is 2.57. The quantitative estimate of drug-likeness (QED) is 0.673. The number of hydrogen-bond donors (Lipinski definition) is 2. The van der Waals surface area contributed by atoms with Crippen LogP contribution in [0.1, 0.15) is 20.7 Å². The molecule has 1 aromatic heterocycles. The molecule has 98 valence electrons. The maximum absolute atomic E-state index is 11.5. The Morgan fingerprint density at radius 3 is 2.10 bits per heavy atom. The molecule has 0 radical (unpaired) electrons. The molecule has 0 aliphatic heterocycles. The van der Waals surface area contributed by atoms with Crippen molar-refractivity contribution in [1.29, 1.82) is 0 Å². The normalized spacial score (nSPS) is 10.8. The van der Waals surface area contributed by atoms with Gasteiger partial charge < -0.3 is 11.5 Å². The van der Waals surface area contributed by atoms with Gasteiger partial charge in [0.1, 0.15) is 5.52 Å². The number of hydrogen-bond acceptors (Lipinski definition) is 4. The SMILES string of the molecule is NC(=O)c1cc(C(N)=O)c2nc3ccccc3nc2c1. The number of aromatic nitrogens is 2. The average molecular weight is 266 g/mol. The Balaban J connectivity index is 2.46. The van der Waals surface area contributed by atoms with Crippen LogP contribution in [-0.4, -0.2) is 21.8 Å². The van der Waals surface area contributed by atoms with Crippen molar-refractivity contribution in [1.82, 2.24) is 9.97 Å².